The number of nitrogens with zero attached hydrogens (tertiary/aromatic N) is 3. The molecule has 1 N–H and O–H groups in total. The number of aryl methyl sites for hydroxylation is 1. The largest absolute Gasteiger partial charge is 0.319 e. The van der Waals surface area contributed by atoms with Crippen LogP contribution in [0.25, 0.3) is 21.6 Å². The molecule has 4 aromatic rings. The minimum Gasteiger partial charge on any atom is -0.319 e. The molecule has 0 spiro atoms. The van der Waals surface area contributed by atoms with Gasteiger partial charge < -0.3 is 5.32 Å². The van der Waals surface area contributed by atoms with E-state index in [4.69, 9.17) is 0 Å². The molecule has 0 aliphatic carbocycles. The highest BCUT2D eigenvalue weighted by Crippen LogP contribution is 2.28. The van der Waals surface area contributed by atoms with Crippen LogP contribution in [0.4, 0.5) is 14.5 Å². The number of amides is 1. The summed E-state index contributed by atoms with van der Waals surface area (Å²) in [6.45, 7) is 2.51. The fourth-order valence-electron chi connectivity index (χ4n) is 2.80. The van der Waals surface area contributed by atoms with E-state index in [-0.39, 0.29) is 5.69 Å². The van der Waals surface area contributed by atoms with E-state index in [1.54, 1.807) is 16.9 Å². The Hall–Kier alpha value is -3.13. The third kappa shape index (κ3) is 3.19. The summed E-state index contributed by atoms with van der Waals surface area (Å²) in [4.78, 5) is 18.4. The topological polar surface area (TPSA) is 59.8 Å². The van der Waals surface area contributed by atoms with Crippen molar-refractivity contribution in [2.45, 2.75) is 13.5 Å². The van der Waals surface area contributed by atoms with E-state index < -0.39 is 17.5 Å². The van der Waals surface area contributed by atoms with Gasteiger partial charge in [-0.15, -0.1) is 11.3 Å². The number of carbonyl (C=O) groups excluding carboxylic acids is 1. The Bertz CT molecular complexity index is 1140. The van der Waals surface area contributed by atoms with Gasteiger partial charge in [-0.05, 0) is 36.6 Å². The zero-order chi connectivity index (χ0) is 19.0. The maximum Gasteiger partial charge on any atom is 0.256 e. The van der Waals surface area contributed by atoms with Gasteiger partial charge in [-0.2, -0.15) is 5.10 Å². The molecule has 0 saturated carbocycles. The summed E-state index contributed by atoms with van der Waals surface area (Å²) in [6, 6.07) is 8.35. The van der Waals surface area contributed by atoms with Crippen LogP contribution in [0.3, 0.4) is 0 Å². The summed E-state index contributed by atoms with van der Waals surface area (Å²) >= 11 is 1.50. The highest BCUT2D eigenvalue weighted by Gasteiger charge is 2.19. The van der Waals surface area contributed by atoms with Crippen molar-refractivity contribution in [2.24, 2.45) is 0 Å². The van der Waals surface area contributed by atoms with Crippen molar-refractivity contribution in [3.63, 3.8) is 0 Å². The number of nitrogens with one attached hydrogen (secondary N) is 1. The number of halogens is 2. The van der Waals surface area contributed by atoms with Crippen LogP contribution in [0.5, 0.6) is 0 Å². The first-order chi connectivity index (χ1) is 13.1. The van der Waals surface area contributed by atoms with Gasteiger partial charge in [0, 0.05) is 12.6 Å². The Kier molecular flexibility index (Phi) is 4.41. The van der Waals surface area contributed by atoms with Gasteiger partial charge in [-0.1, -0.05) is 6.07 Å². The predicted molar refractivity (Wildman–Crippen MR) is 101 cm³/mol. The Morgan fingerprint density at radius 3 is 2.85 bits per heavy atom. The van der Waals surface area contributed by atoms with Crippen molar-refractivity contribution >= 4 is 34.0 Å². The number of aromatic nitrogens is 3. The summed E-state index contributed by atoms with van der Waals surface area (Å²) in [5, 5.41) is 9.17. The van der Waals surface area contributed by atoms with Gasteiger partial charge in [0.1, 0.15) is 11.6 Å². The summed E-state index contributed by atoms with van der Waals surface area (Å²) in [7, 11) is 0. The molecule has 0 fully saturated rings. The van der Waals surface area contributed by atoms with Crippen molar-refractivity contribution < 1.29 is 13.6 Å². The van der Waals surface area contributed by atoms with E-state index in [0.717, 1.165) is 23.1 Å². The van der Waals surface area contributed by atoms with Gasteiger partial charge in [0.2, 0.25) is 0 Å². The average Bonchev–Trinajstić information content (AvgIpc) is 3.33. The first-order valence-electron chi connectivity index (χ1n) is 8.23. The molecular weight excluding hydrogens is 370 g/mol. The van der Waals surface area contributed by atoms with Crippen LogP contribution in [-0.2, 0) is 6.54 Å². The number of rotatable bonds is 4. The Morgan fingerprint density at radius 1 is 1.26 bits per heavy atom. The standard InChI is InChI=1S/C19H14F2N4OS/c1-2-25-18-13(10-22-25)12(9-16(23-18)17-4-3-7-27-17)19(26)24-15-8-11(20)5-6-14(15)21/h3-10H,2H2,1H3,(H,24,26). The lowest BCUT2D eigenvalue weighted by Crippen LogP contribution is -2.14. The second kappa shape index (κ2) is 6.88. The van der Waals surface area contributed by atoms with Gasteiger partial charge in [-0.3, -0.25) is 4.79 Å². The van der Waals surface area contributed by atoms with Crippen molar-refractivity contribution in [1.82, 2.24) is 14.8 Å². The van der Waals surface area contributed by atoms with Crippen LogP contribution < -0.4 is 5.32 Å². The molecule has 3 aromatic heterocycles. The Labute approximate surface area is 157 Å². The molecule has 0 radical (unpaired) electrons. The third-order valence-corrected chi connectivity index (χ3v) is 5.00. The zero-order valence-corrected chi connectivity index (χ0v) is 15.1. The average molecular weight is 384 g/mol. The fraction of sp³-hybridized carbons (Fsp3) is 0.105. The maximum atomic E-state index is 13.9. The van der Waals surface area contributed by atoms with Crippen LogP contribution in [-0.4, -0.2) is 20.7 Å². The van der Waals surface area contributed by atoms with Crippen molar-refractivity contribution in [2.75, 3.05) is 5.32 Å². The van der Waals surface area contributed by atoms with Gasteiger partial charge in [0.15, 0.2) is 5.65 Å². The summed E-state index contributed by atoms with van der Waals surface area (Å²) < 4.78 is 29.0. The van der Waals surface area contributed by atoms with Crippen LogP contribution >= 0.6 is 11.3 Å². The van der Waals surface area contributed by atoms with Crippen LogP contribution in [0.2, 0.25) is 0 Å². The van der Waals surface area contributed by atoms with Gasteiger partial charge >= 0.3 is 0 Å². The maximum absolute atomic E-state index is 13.9. The van der Waals surface area contributed by atoms with Crippen molar-refractivity contribution in [3.8, 4) is 10.6 Å². The quantitative estimate of drug-likeness (QED) is 0.554. The lowest BCUT2D eigenvalue weighted by molar-refractivity contribution is 0.102. The molecule has 136 valence electrons. The van der Waals surface area contributed by atoms with E-state index in [9.17, 15) is 13.6 Å². The Balaban J connectivity index is 1.83. The number of fused-ring (bicyclic) bond motifs is 1. The number of anilines is 1. The molecule has 0 unspecified atom stereocenters. The SMILES string of the molecule is CCn1ncc2c(C(=O)Nc3cc(F)ccc3F)cc(-c3cccs3)nc21. The highest BCUT2D eigenvalue weighted by molar-refractivity contribution is 7.13. The summed E-state index contributed by atoms with van der Waals surface area (Å²) in [5.41, 5.74) is 1.27. The van der Waals surface area contributed by atoms with Crippen molar-refractivity contribution in [3.05, 3.63) is 65.2 Å². The Morgan fingerprint density at radius 2 is 2.11 bits per heavy atom. The molecular formula is C19H14F2N4OS. The second-order valence-corrected chi connectivity index (χ2v) is 6.76. The number of pyridine rings is 1. The normalized spacial score (nSPS) is 11.1. The van der Waals surface area contributed by atoms with Crippen LogP contribution in [0.1, 0.15) is 17.3 Å². The van der Waals surface area contributed by atoms with Gasteiger partial charge in [0.05, 0.1) is 33.4 Å². The number of hydrogen-bond donors (Lipinski definition) is 1. The minimum absolute atomic E-state index is 0.217. The number of benzene rings is 1. The highest BCUT2D eigenvalue weighted by atomic mass is 32.1. The summed E-state index contributed by atoms with van der Waals surface area (Å²) in [6.07, 6.45) is 1.56. The number of hydrogen-bond acceptors (Lipinski definition) is 4. The second-order valence-electron chi connectivity index (χ2n) is 5.81. The molecule has 3 heterocycles. The summed E-state index contributed by atoms with van der Waals surface area (Å²) in [5.74, 6) is -1.90. The third-order valence-electron chi connectivity index (χ3n) is 4.10. The van der Waals surface area contributed by atoms with E-state index >= 15 is 0 Å². The molecule has 0 atom stereocenters. The molecule has 0 aliphatic rings. The molecule has 0 aliphatic heterocycles. The zero-order valence-electron chi connectivity index (χ0n) is 14.2. The van der Waals surface area contributed by atoms with Crippen LogP contribution in [0.15, 0.2) is 48.0 Å². The minimum atomic E-state index is -0.710. The molecule has 5 nitrogen and oxygen atoms in total. The number of thiophene rings is 1. The molecule has 0 bridgehead atoms. The number of carbonyl (C=O) groups is 1. The molecule has 1 aromatic carbocycles. The lowest BCUT2D eigenvalue weighted by atomic mass is 10.1. The molecule has 27 heavy (non-hydrogen) atoms. The van der Waals surface area contributed by atoms with E-state index in [2.05, 4.69) is 15.4 Å². The van der Waals surface area contributed by atoms with E-state index in [1.165, 1.54) is 11.3 Å². The lowest BCUT2D eigenvalue weighted by Gasteiger charge is -2.09. The molecule has 1 amide bonds. The fourth-order valence-corrected chi connectivity index (χ4v) is 3.49. The van der Waals surface area contributed by atoms with E-state index in [1.807, 2.05) is 24.4 Å². The van der Waals surface area contributed by atoms with Crippen LogP contribution in [0, 0.1) is 11.6 Å². The molecule has 4 rings (SSSR count). The van der Waals surface area contributed by atoms with E-state index in [0.29, 0.717) is 28.8 Å². The van der Waals surface area contributed by atoms with Crippen molar-refractivity contribution in [1.29, 1.82) is 0 Å². The first-order valence-corrected chi connectivity index (χ1v) is 9.11. The first kappa shape index (κ1) is 17.3. The smallest absolute Gasteiger partial charge is 0.256 e. The van der Waals surface area contributed by atoms with Gasteiger partial charge in [0.25, 0.3) is 5.91 Å². The van der Waals surface area contributed by atoms with Gasteiger partial charge in [-0.25, -0.2) is 18.4 Å². The molecule has 0 saturated heterocycles. The monoisotopic (exact) mass is 384 g/mol. The predicted octanol–water partition coefficient (Wildman–Crippen LogP) is 4.71. The molecule has 8 heteroatoms.